The summed E-state index contributed by atoms with van der Waals surface area (Å²) in [6, 6.07) is -0.158. The highest BCUT2D eigenvalue weighted by molar-refractivity contribution is 7.81. The molecule has 2 nitrogen and oxygen atoms in total. The van der Waals surface area contributed by atoms with Crippen molar-refractivity contribution in [3.05, 3.63) is 0 Å². The molecule has 1 aliphatic rings. The average Bonchev–Trinajstić information content (AvgIpc) is 2.14. The molecule has 2 unspecified atom stereocenters. The van der Waals surface area contributed by atoms with Crippen LogP contribution >= 0.6 is 24.2 Å². The number of hydrogen-bond donors (Lipinski definition) is 2. The molecule has 1 saturated heterocycles. The number of carbonyl (C=O) groups excluding carboxylic acids is 1. The number of hydrogen-bond acceptors (Lipinski definition) is 3. The number of rotatable bonds is 1. The first-order valence-corrected chi connectivity index (χ1v) is 3.70. The zero-order chi connectivity index (χ0) is 6.85. The van der Waals surface area contributed by atoms with Gasteiger partial charge in [0.2, 0.25) is 5.24 Å². The lowest BCUT2D eigenvalue weighted by molar-refractivity contribution is -0.113. The number of carbonyl (C=O) groups is 1. The Bertz CT molecular complexity index is 130. The maximum atomic E-state index is 10.5. The summed E-state index contributed by atoms with van der Waals surface area (Å²) < 4.78 is 0. The van der Waals surface area contributed by atoms with E-state index in [4.69, 9.17) is 11.6 Å². The lowest BCUT2D eigenvalue weighted by atomic mass is 10.2. The van der Waals surface area contributed by atoms with Crippen molar-refractivity contribution >= 4 is 29.5 Å². The Balaban J connectivity index is 2.39. The van der Waals surface area contributed by atoms with Crippen LogP contribution in [0.15, 0.2) is 0 Å². The fraction of sp³-hybridized carbons (Fsp3) is 0.800. The molecule has 0 amide bonds. The summed E-state index contributed by atoms with van der Waals surface area (Å²) in [5, 5.41) is 2.94. The quantitative estimate of drug-likeness (QED) is 0.436. The molecule has 1 rings (SSSR count). The standard InChI is InChI=1S/C5H8ClNOS/c6-5(8)4-1-3(9)2-7-4/h3-4,7,9H,1-2H2. The van der Waals surface area contributed by atoms with Gasteiger partial charge in [0.25, 0.3) is 0 Å². The fourth-order valence-electron chi connectivity index (χ4n) is 0.890. The van der Waals surface area contributed by atoms with Crippen molar-refractivity contribution in [3.8, 4) is 0 Å². The van der Waals surface area contributed by atoms with Crippen LogP contribution < -0.4 is 5.32 Å². The summed E-state index contributed by atoms with van der Waals surface area (Å²) in [7, 11) is 0. The van der Waals surface area contributed by atoms with Crippen molar-refractivity contribution in [1.29, 1.82) is 0 Å². The molecule has 4 heteroatoms. The van der Waals surface area contributed by atoms with Gasteiger partial charge in [-0.05, 0) is 18.0 Å². The number of nitrogens with one attached hydrogen (secondary N) is 1. The van der Waals surface area contributed by atoms with Crippen molar-refractivity contribution in [3.63, 3.8) is 0 Å². The van der Waals surface area contributed by atoms with E-state index in [0.29, 0.717) is 0 Å². The summed E-state index contributed by atoms with van der Waals surface area (Å²) >= 11 is 9.39. The molecule has 0 radical (unpaired) electrons. The van der Waals surface area contributed by atoms with E-state index in [1.807, 2.05) is 0 Å². The topological polar surface area (TPSA) is 29.1 Å². The third-order valence-corrected chi connectivity index (χ3v) is 2.04. The molecule has 0 aromatic carbocycles. The van der Waals surface area contributed by atoms with Crippen LogP contribution in [0.5, 0.6) is 0 Å². The normalized spacial score (nSPS) is 34.9. The lowest BCUT2D eigenvalue weighted by Gasteiger charge is -1.99. The Labute approximate surface area is 64.4 Å². The zero-order valence-corrected chi connectivity index (χ0v) is 6.45. The molecule has 9 heavy (non-hydrogen) atoms. The molecule has 0 bridgehead atoms. The van der Waals surface area contributed by atoms with E-state index in [2.05, 4.69) is 17.9 Å². The van der Waals surface area contributed by atoms with Crippen LogP contribution in [0.25, 0.3) is 0 Å². The predicted molar refractivity (Wildman–Crippen MR) is 40.0 cm³/mol. The van der Waals surface area contributed by atoms with Gasteiger partial charge in [0.15, 0.2) is 0 Å². The molecule has 2 atom stereocenters. The summed E-state index contributed by atoms with van der Waals surface area (Å²) in [6.45, 7) is 0.784. The van der Waals surface area contributed by atoms with E-state index in [9.17, 15) is 4.79 Å². The van der Waals surface area contributed by atoms with Crippen LogP contribution in [0.1, 0.15) is 6.42 Å². The van der Waals surface area contributed by atoms with Crippen LogP contribution in [0, 0.1) is 0 Å². The fourth-order valence-corrected chi connectivity index (χ4v) is 1.37. The van der Waals surface area contributed by atoms with Gasteiger partial charge in [-0.15, -0.1) is 0 Å². The molecule has 1 aliphatic heterocycles. The van der Waals surface area contributed by atoms with Crippen molar-refractivity contribution in [2.75, 3.05) is 6.54 Å². The second kappa shape index (κ2) is 2.90. The van der Waals surface area contributed by atoms with Gasteiger partial charge in [-0.3, -0.25) is 4.79 Å². The first kappa shape index (κ1) is 7.38. The third-order valence-electron chi connectivity index (χ3n) is 1.38. The van der Waals surface area contributed by atoms with Gasteiger partial charge in [0.05, 0.1) is 6.04 Å². The minimum Gasteiger partial charge on any atom is -0.305 e. The average molecular weight is 166 g/mol. The molecular weight excluding hydrogens is 158 g/mol. The summed E-state index contributed by atoms with van der Waals surface area (Å²) in [4.78, 5) is 10.5. The van der Waals surface area contributed by atoms with E-state index in [0.717, 1.165) is 13.0 Å². The predicted octanol–water partition coefficient (Wildman–Crippen LogP) is 0.412. The molecule has 0 aromatic heterocycles. The van der Waals surface area contributed by atoms with Crippen LogP contribution in [0.4, 0.5) is 0 Å². The van der Waals surface area contributed by atoms with Crippen LogP contribution in [-0.4, -0.2) is 23.1 Å². The van der Waals surface area contributed by atoms with E-state index in [1.165, 1.54) is 0 Å². The molecular formula is C5H8ClNOS. The molecule has 0 aliphatic carbocycles. The van der Waals surface area contributed by atoms with Gasteiger partial charge >= 0.3 is 0 Å². The van der Waals surface area contributed by atoms with E-state index in [1.54, 1.807) is 0 Å². The van der Waals surface area contributed by atoms with Crippen molar-refractivity contribution in [1.82, 2.24) is 5.32 Å². The molecule has 1 fully saturated rings. The van der Waals surface area contributed by atoms with Crippen molar-refractivity contribution in [2.45, 2.75) is 17.7 Å². The Morgan fingerprint density at radius 2 is 2.44 bits per heavy atom. The second-order valence-corrected chi connectivity index (χ2v) is 3.26. The monoisotopic (exact) mass is 165 g/mol. The van der Waals surface area contributed by atoms with E-state index >= 15 is 0 Å². The van der Waals surface area contributed by atoms with E-state index in [-0.39, 0.29) is 16.5 Å². The maximum Gasteiger partial charge on any atom is 0.238 e. The highest BCUT2D eigenvalue weighted by atomic mass is 35.5. The number of thiol groups is 1. The van der Waals surface area contributed by atoms with Crippen LogP contribution in [-0.2, 0) is 4.79 Å². The Kier molecular flexibility index (Phi) is 2.38. The summed E-state index contributed by atoms with van der Waals surface area (Å²) in [5.41, 5.74) is 0. The van der Waals surface area contributed by atoms with Crippen LogP contribution in [0.3, 0.4) is 0 Å². The first-order valence-electron chi connectivity index (χ1n) is 2.81. The molecule has 1 N–H and O–H groups in total. The zero-order valence-electron chi connectivity index (χ0n) is 4.80. The minimum absolute atomic E-state index is 0.158. The Hall–Kier alpha value is 0.270. The van der Waals surface area contributed by atoms with Gasteiger partial charge in [-0.25, -0.2) is 0 Å². The van der Waals surface area contributed by atoms with Gasteiger partial charge in [0, 0.05) is 11.8 Å². The van der Waals surface area contributed by atoms with Gasteiger partial charge < -0.3 is 5.32 Å². The van der Waals surface area contributed by atoms with Gasteiger partial charge in [-0.2, -0.15) is 12.6 Å². The van der Waals surface area contributed by atoms with Gasteiger partial charge in [-0.1, -0.05) is 0 Å². The second-order valence-electron chi connectivity index (χ2n) is 2.15. The number of halogens is 1. The molecule has 0 saturated carbocycles. The summed E-state index contributed by atoms with van der Waals surface area (Å²) in [6.07, 6.45) is 0.755. The lowest BCUT2D eigenvalue weighted by Crippen LogP contribution is -2.26. The smallest absolute Gasteiger partial charge is 0.238 e. The first-order chi connectivity index (χ1) is 4.20. The highest BCUT2D eigenvalue weighted by Gasteiger charge is 2.25. The highest BCUT2D eigenvalue weighted by Crippen LogP contribution is 2.13. The summed E-state index contributed by atoms with van der Waals surface area (Å²) in [5.74, 6) is 0. The Morgan fingerprint density at radius 3 is 2.67 bits per heavy atom. The molecule has 52 valence electrons. The molecule has 0 aromatic rings. The Morgan fingerprint density at radius 1 is 1.78 bits per heavy atom. The largest absolute Gasteiger partial charge is 0.305 e. The van der Waals surface area contributed by atoms with Gasteiger partial charge in [0.1, 0.15) is 0 Å². The minimum atomic E-state index is -0.299. The molecule has 0 spiro atoms. The van der Waals surface area contributed by atoms with E-state index < -0.39 is 0 Å². The SMILES string of the molecule is O=C(Cl)C1CC(S)CN1. The van der Waals surface area contributed by atoms with Crippen LogP contribution in [0.2, 0.25) is 0 Å². The van der Waals surface area contributed by atoms with Crippen molar-refractivity contribution in [2.24, 2.45) is 0 Å². The maximum absolute atomic E-state index is 10.5. The third kappa shape index (κ3) is 1.85. The molecule has 1 heterocycles. The van der Waals surface area contributed by atoms with Crippen molar-refractivity contribution < 1.29 is 4.79 Å².